The van der Waals surface area contributed by atoms with E-state index >= 15 is 0 Å². The molecule has 0 unspecified atom stereocenters. The molecule has 1 aliphatic heterocycles. The largest absolute Gasteiger partial charge is 0.573 e. The van der Waals surface area contributed by atoms with Gasteiger partial charge in [0.1, 0.15) is 17.5 Å². The number of thiazole rings is 1. The molecule has 3 heterocycles. The highest BCUT2D eigenvalue weighted by molar-refractivity contribution is 7.89. The molecule has 0 saturated carbocycles. The normalized spacial score (nSPS) is 16.3. The number of nitrogens with zero attached hydrogens (tertiary/aromatic N) is 5. The van der Waals surface area contributed by atoms with Crippen LogP contribution in [0.5, 0.6) is 11.5 Å². The molecule has 5 rings (SSSR count). The van der Waals surface area contributed by atoms with Crippen molar-refractivity contribution >= 4 is 48.7 Å². The van der Waals surface area contributed by atoms with Gasteiger partial charge in [-0.1, -0.05) is 23.5 Å². The highest BCUT2D eigenvalue weighted by Gasteiger charge is 2.41. The van der Waals surface area contributed by atoms with Crippen LogP contribution < -0.4 is 25.0 Å². The van der Waals surface area contributed by atoms with Gasteiger partial charge in [-0.15, -0.1) is 26.3 Å². The van der Waals surface area contributed by atoms with Crippen LogP contribution in [-0.2, 0) is 21.4 Å². The van der Waals surface area contributed by atoms with Gasteiger partial charge in [-0.3, -0.25) is 4.79 Å². The van der Waals surface area contributed by atoms with Gasteiger partial charge in [0.15, 0.2) is 10.8 Å². The molecule has 0 bridgehead atoms. The van der Waals surface area contributed by atoms with Gasteiger partial charge in [-0.05, 0) is 42.0 Å². The maximum Gasteiger partial charge on any atom is 0.573 e. The highest BCUT2D eigenvalue weighted by Crippen LogP contribution is 2.32. The Labute approximate surface area is 261 Å². The van der Waals surface area contributed by atoms with E-state index in [9.17, 15) is 39.6 Å². The Balaban J connectivity index is 1.39. The lowest BCUT2D eigenvalue weighted by Crippen LogP contribution is -2.60. The second-order valence-corrected chi connectivity index (χ2v) is 12.5. The Hall–Kier alpha value is -4.43. The fourth-order valence-corrected chi connectivity index (χ4v) is 6.97. The Kier molecular flexibility index (Phi) is 9.14. The summed E-state index contributed by atoms with van der Waals surface area (Å²) < 4.78 is 112. The standard InChI is InChI=1S/C26H23F6N7O5S2/c1-33-23-35-13-20-21(36-23)37-24(45-20)38-10-11-39(46(41,42)18-8-6-17(7-9-18)44-26(30,31)32)19(14-38)22(40)34-12-15-2-4-16(5-3-15)43-25(27,28)29/h2-9,13,19H,10-12,14H2,1H3,(H,34,40)(H,33,35,36)/t19-/m1/s1. The third-order valence-corrected chi connectivity index (χ3v) is 9.52. The number of anilines is 2. The number of amides is 1. The van der Waals surface area contributed by atoms with Gasteiger partial charge < -0.3 is 25.0 Å². The lowest BCUT2D eigenvalue weighted by Gasteiger charge is -2.39. The number of hydrogen-bond donors (Lipinski definition) is 2. The Morgan fingerprint density at radius 1 is 0.957 bits per heavy atom. The van der Waals surface area contributed by atoms with E-state index in [4.69, 9.17) is 0 Å². The van der Waals surface area contributed by atoms with Crippen molar-refractivity contribution in [2.24, 2.45) is 0 Å². The average molecular weight is 692 g/mol. The molecule has 4 aromatic rings. The summed E-state index contributed by atoms with van der Waals surface area (Å²) in [5, 5.41) is 5.86. The van der Waals surface area contributed by atoms with E-state index in [1.165, 1.54) is 23.5 Å². The lowest BCUT2D eigenvalue weighted by molar-refractivity contribution is -0.275. The van der Waals surface area contributed by atoms with E-state index in [-0.39, 0.29) is 31.1 Å². The van der Waals surface area contributed by atoms with Crippen molar-refractivity contribution < 1.29 is 49.0 Å². The van der Waals surface area contributed by atoms with Crippen LogP contribution in [0.1, 0.15) is 5.56 Å². The van der Waals surface area contributed by atoms with Gasteiger partial charge >= 0.3 is 12.7 Å². The number of alkyl halides is 6. The molecular formula is C26H23F6N7O5S2. The van der Waals surface area contributed by atoms with Crippen LogP contribution in [0, 0.1) is 0 Å². The number of ether oxygens (including phenoxy) is 2. The summed E-state index contributed by atoms with van der Waals surface area (Å²) >= 11 is 1.23. The fourth-order valence-electron chi connectivity index (χ4n) is 4.49. The number of benzene rings is 2. The van der Waals surface area contributed by atoms with Gasteiger partial charge in [0.2, 0.25) is 21.9 Å². The number of nitrogens with one attached hydrogen (secondary N) is 2. The Bertz CT molecular complexity index is 1800. The molecule has 0 spiro atoms. The van der Waals surface area contributed by atoms with Gasteiger partial charge in [0, 0.05) is 33.2 Å². The number of halogens is 6. The van der Waals surface area contributed by atoms with Crippen LogP contribution in [0.3, 0.4) is 0 Å². The predicted molar refractivity (Wildman–Crippen MR) is 153 cm³/mol. The molecule has 1 fully saturated rings. The summed E-state index contributed by atoms with van der Waals surface area (Å²) in [5.41, 5.74) is 0.782. The third-order valence-electron chi connectivity index (χ3n) is 6.55. The van der Waals surface area contributed by atoms with Crippen LogP contribution in [-0.4, -0.2) is 79.0 Å². The molecular weight excluding hydrogens is 668 g/mol. The maximum atomic E-state index is 13.7. The average Bonchev–Trinajstić information content (AvgIpc) is 3.42. The third kappa shape index (κ3) is 7.85. The number of carbonyl (C=O) groups excluding carboxylic acids is 1. The molecule has 1 saturated heterocycles. The zero-order valence-corrected chi connectivity index (χ0v) is 25.1. The summed E-state index contributed by atoms with van der Waals surface area (Å²) in [6.07, 6.45) is -8.29. The number of piperazine rings is 1. The fraction of sp³-hybridized carbons (Fsp3) is 0.308. The summed E-state index contributed by atoms with van der Waals surface area (Å²) in [5.74, 6) is -1.49. The minimum Gasteiger partial charge on any atom is -0.406 e. The SMILES string of the molecule is CNc1ncc2sc(N3CCN(S(=O)(=O)c4ccc(OC(F)(F)F)cc4)[C@@H](C(=O)NCc4ccc(OC(F)(F)F)cc4)C3)nc2n1. The van der Waals surface area contributed by atoms with Crippen molar-refractivity contribution in [2.45, 2.75) is 30.2 Å². The number of hydrogen-bond acceptors (Lipinski definition) is 11. The summed E-state index contributed by atoms with van der Waals surface area (Å²) in [6, 6.07) is 6.96. The molecule has 12 nitrogen and oxygen atoms in total. The number of rotatable bonds is 9. The first-order chi connectivity index (χ1) is 21.6. The van der Waals surface area contributed by atoms with Crippen molar-refractivity contribution in [3.63, 3.8) is 0 Å². The first kappa shape index (κ1) is 32.9. The van der Waals surface area contributed by atoms with Crippen molar-refractivity contribution in [1.29, 1.82) is 0 Å². The van der Waals surface area contributed by atoms with Crippen molar-refractivity contribution in [2.75, 3.05) is 36.9 Å². The van der Waals surface area contributed by atoms with Crippen LogP contribution in [0.4, 0.5) is 37.4 Å². The van der Waals surface area contributed by atoms with Crippen LogP contribution >= 0.6 is 11.3 Å². The summed E-state index contributed by atoms with van der Waals surface area (Å²) in [7, 11) is -2.79. The minimum absolute atomic E-state index is 0.102. The van der Waals surface area contributed by atoms with Crippen LogP contribution in [0.25, 0.3) is 10.3 Å². The quantitative estimate of drug-likeness (QED) is 0.247. The summed E-state index contributed by atoms with van der Waals surface area (Å²) in [6.45, 7) is -0.424. The number of carbonyl (C=O) groups is 1. The van der Waals surface area contributed by atoms with Crippen LogP contribution in [0.2, 0.25) is 0 Å². The van der Waals surface area contributed by atoms with E-state index in [2.05, 4.69) is 35.1 Å². The molecule has 1 atom stereocenters. The second kappa shape index (κ2) is 12.8. The van der Waals surface area contributed by atoms with E-state index in [0.29, 0.717) is 27.0 Å². The van der Waals surface area contributed by atoms with Crippen molar-refractivity contribution in [3.8, 4) is 11.5 Å². The molecule has 20 heteroatoms. The first-order valence-electron chi connectivity index (χ1n) is 13.2. The van der Waals surface area contributed by atoms with E-state index in [0.717, 1.165) is 40.7 Å². The molecule has 46 heavy (non-hydrogen) atoms. The topological polar surface area (TPSA) is 139 Å². The van der Waals surface area contributed by atoms with Crippen molar-refractivity contribution in [1.82, 2.24) is 24.6 Å². The lowest BCUT2D eigenvalue weighted by atomic mass is 10.1. The highest BCUT2D eigenvalue weighted by atomic mass is 32.2. The number of fused-ring (bicyclic) bond motifs is 1. The van der Waals surface area contributed by atoms with Gasteiger partial charge in [-0.2, -0.15) is 14.3 Å². The zero-order chi connectivity index (χ0) is 33.3. The molecule has 0 aliphatic carbocycles. The molecule has 2 N–H and O–H groups in total. The first-order valence-corrected chi connectivity index (χ1v) is 15.4. The predicted octanol–water partition coefficient (Wildman–Crippen LogP) is 4.12. The summed E-state index contributed by atoms with van der Waals surface area (Å²) in [4.78, 5) is 27.8. The molecule has 0 radical (unpaired) electrons. The Morgan fingerprint density at radius 3 is 2.15 bits per heavy atom. The molecule has 1 aliphatic rings. The number of aromatic nitrogens is 3. The molecule has 2 aromatic heterocycles. The zero-order valence-electron chi connectivity index (χ0n) is 23.5. The van der Waals surface area contributed by atoms with E-state index in [1.54, 1.807) is 18.1 Å². The molecule has 246 valence electrons. The van der Waals surface area contributed by atoms with Crippen molar-refractivity contribution in [3.05, 3.63) is 60.3 Å². The van der Waals surface area contributed by atoms with E-state index < -0.39 is 46.2 Å². The van der Waals surface area contributed by atoms with E-state index in [1.807, 2.05) is 0 Å². The van der Waals surface area contributed by atoms with Crippen LogP contribution in [0.15, 0.2) is 59.6 Å². The van der Waals surface area contributed by atoms with Gasteiger partial charge in [-0.25, -0.2) is 13.4 Å². The maximum absolute atomic E-state index is 13.7. The minimum atomic E-state index is -4.98. The second-order valence-electron chi connectivity index (χ2n) is 9.63. The van der Waals surface area contributed by atoms with Gasteiger partial charge in [0.05, 0.1) is 15.8 Å². The monoisotopic (exact) mass is 691 g/mol. The smallest absolute Gasteiger partial charge is 0.406 e. The Morgan fingerprint density at radius 2 is 1.57 bits per heavy atom. The molecule has 2 aromatic carbocycles. The van der Waals surface area contributed by atoms with Gasteiger partial charge in [0.25, 0.3) is 0 Å². The number of sulfonamides is 1. The molecule has 1 amide bonds.